The maximum Gasteiger partial charge on any atom is 0.310 e. The normalized spacial score (nSPS) is 10.1. The Morgan fingerprint density at radius 1 is 1.71 bits per heavy atom. The number of halogens is 3. The second-order valence-electron chi connectivity index (χ2n) is 3.01. The average molecular weight is 352 g/mol. The van der Waals surface area contributed by atoms with Crippen LogP contribution in [0.4, 0.5) is 8.78 Å². The van der Waals surface area contributed by atoms with Crippen LogP contribution >= 0.6 is 22.6 Å². The van der Waals surface area contributed by atoms with E-state index in [9.17, 15) is 13.6 Å². The molecule has 7 heteroatoms. The summed E-state index contributed by atoms with van der Waals surface area (Å²) in [4.78, 5) is 14.7. The molecule has 0 aliphatic carbocycles. The Kier molecular flexibility index (Phi) is 4.74. The van der Waals surface area contributed by atoms with E-state index in [-0.39, 0.29) is 17.5 Å². The summed E-state index contributed by atoms with van der Waals surface area (Å²) in [6.45, 7) is 0. The zero-order valence-corrected chi connectivity index (χ0v) is 10.9. The third-order valence-electron chi connectivity index (χ3n) is 2.03. The second kappa shape index (κ2) is 5.86. The van der Waals surface area contributed by atoms with Gasteiger partial charge in [0.15, 0.2) is 0 Å². The molecule has 90 valence electrons. The van der Waals surface area contributed by atoms with Crippen molar-refractivity contribution in [2.45, 2.75) is 12.8 Å². The lowest BCUT2D eigenvalue weighted by Gasteiger charge is -2.09. The summed E-state index contributed by atoms with van der Waals surface area (Å²) in [5, 5.41) is 8.91. The third-order valence-corrected chi connectivity index (χ3v) is 2.85. The molecule has 0 spiro atoms. The molecule has 0 atom stereocenters. The van der Waals surface area contributed by atoms with Gasteiger partial charge in [-0.05, 0) is 22.6 Å². The van der Waals surface area contributed by atoms with Crippen LogP contribution in [0.3, 0.4) is 0 Å². The lowest BCUT2D eigenvalue weighted by atomic mass is 10.0. The second-order valence-corrected chi connectivity index (χ2v) is 4.17. The van der Waals surface area contributed by atoms with Gasteiger partial charge < -0.3 is 4.74 Å². The zero-order valence-electron chi connectivity index (χ0n) is 8.71. The Balaban J connectivity index is 3.35. The lowest BCUT2D eigenvalue weighted by Crippen LogP contribution is -2.11. The number of hydrogen-bond donors (Lipinski definition) is 0. The fourth-order valence-corrected chi connectivity index (χ4v) is 1.83. The van der Waals surface area contributed by atoms with E-state index >= 15 is 0 Å². The summed E-state index contributed by atoms with van der Waals surface area (Å²) in [5.41, 5.74) is -0.574. The summed E-state index contributed by atoms with van der Waals surface area (Å²) in [7, 11) is 1.15. The largest absolute Gasteiger partial charge is 0.469 e. The molecule has 0 bridgehead atoms. The molecule has 1 heterocycles. The number of methoxy groups -OCH3 is 1. The van der Waals surface area contributed by atoms with Crippen molar-refractivity contribution in [3.8, 4) is 6.07 Å². The number of esters is 1. The minimum absolute atomic E-state index is 0.0429. The number of carbonyl (C=O) groups excluding carboxylic acids is 1. The fraction of sp³-hybridized carbons (Fsp3) is 0.300. The van der Waals surface area contributed by atoms with Gasteiger partial charge in [-0.2, -0.15) is 5.26 Å². The van der Waals surface area contributed by atoms with Crippen molar-refractivity contribution >= 4 is 28.6 Å². The molecule has 0 saturated heterocycles. The minimum Gasteiger partial charge on any atom is -0.469 e. The highest BCUT2D eigenvalue weighted by atomic mass is 127. The summed E-state index contributed by atoms with van der Waals surface area (Å²) in [6.07, 6.45) is -2.04. The highest BCUT2D eigenvalue weighted by Gasteiger charge is 2.22. The van der Waals surface area contributed by atoms with Crippen molar-refractivity contribution in [2.24, 2.45) is 0 Å². The van der Waals surface area contributed by atoms with Gasteiger partial charge in [0.1, 0.15) is 11.8 Å². The topological polar surface area (TPSA) is 63.0 Å². The van der Waals surface area contributed by atoms with Crippen molar-refractivity contribution in [1.82, 2.24) is 4.98 Å². The van der Waals surface area contributed by atoms with E-state index in [0.29, 0.717) is 3.57 Å². The highest BCUT2D eigenvalue weighted by Crippen LogP contribution is 2.26. The Morgan fingerprint density at radius 2 is 2.35 bits per heavy atom. The molecular weight excluding hydrogens is 345 g/mol. The van der Waals surface area contributed by atoms with E-state index in [0.717, 1.165) is 7.11 Å². The number of hydrogen-bond acceptors (Lipinski definition) is 4. The van der Waals surface area contributed by atoms with Gasteiger partial charge in [-0.1, -0.05) is 0 Å². The molecule has 0 radical (unpaired) electrons. The van der Waals surface area contributed by atoms with Crippen LogP contribution in [0.2, 0.25) is 0 Å². The van der Waals surface area contributed by atoms with Crippen molar-refractivity contribution in [1.29, 1.82) is 5.26 Å². The van der Waals surface area contributed by atoms with Crippen LogP contribution in [-0.2, 0) is 16.0 Å². The van der Waals surface area contributed by atoms with Crippen LogP contribution < -0.4 is 0 Å². The first-order valence-electron chi connectivity index (χ1n) is 4.43. The molecule has 17 heavy (non-hydrogen) atoms. The molecule has 0 aromatic carbocycles. The van der Waals surface area contributed by atoms with Gasteiger partial charge in [-0.25, -0.2) is 8.78 Å². The lowest BCUT2D eigenvalue weighted by molar-refractivity contribution is -0.139. The van der Waals surface area contributed by atoms with Gasteiger partial charge in [0.25, 0.3) is 6.43 Å². The molecule has 0 saturated carbocycles. The number of ether oxygens (including phenoxy) is 1. The zero-order chi connectivity index (χ0) is 13.0. The van der Waals surface area contributed by atoms with Crippen LogP contribution in [0.1, 0.15) is 23.2 Å². The molecule has 4 nitrogen and oxygen atoms in total. The van der Waals surface area contributed by atoms with Crippen molar-refractivity contribution < 1.29 is 18.3 Å². The van der Waals surface area contributed by atoms with Gasteiger partial charge in [0.2, 0.25) is 0 Å². The van der Waals surface area contributed by atoms with Crippen LogP contribution in [0.15, 0.2) is 6.20 Å². The van der Waals surface area contributed by atoms with Crippen molar-refractivity contribution in [2.75, 3.05) is 7.11 Å². The predicted molar refractivity (Wildman–Crippen MR) is 62.3 cm³/mol. The fourth-order valence-electron chi connectivity index (χ4n) is 1.25. The quantitative estimate of drug-likeness (QED) is 0.618. The predicted octanol–water partition coefficient (Wildman–Crippen LogP) is 2.21. The Morgan fingerprint density at radius 3 is 2.82 bits per heavy atom. The van der Waals surface area contributed by atoms with E-state index < -0.39 is 18.1 Å². The summed E-state index contributed by atoms with van der Waals surface area (Å²) >= 11 is 1.80. The first-order chi connectivity index (χ1) is 8.01. The van der Waals surface area contributed by atoms with Crippen LogP contribution in [0.25, 0.3) is 0 Å². The SMILES string of the molecule is COC(=O)Cc1c(C(F)F)ncc(I)c1C#N. The van der Waals surface area contributed by atoms with Crippen molar-refractivity contribution in [3.63, 3.8) is 0 Å². The molecule has 0 aliphatic heterocycles. The number of rotatable bonds is 3. The number of nitriles is 1. The van der Waals surface area contributed by atoms with E-state index in [1.54, 1.807) is 28.7 Å². The van der Waals surface area contributed by atoms with Gasteiger partial charge in [0, 0.05) is 15.3 Å². The highest BCUT2D eigenvalue weighted by molar-refractivity contribution is 14.1. The van der Waals surface area contributed by atoms with Gasteiger partial charge >= 0.3 is 5.97 Å². The molecule has 0 N–H and O–H groups in total. The van der Waals surface area contributed by atoms with Crippen LogP contribution in [0, 0.1) is 14.9 Å². The average Bonchev–Trinajstić information content (AvgIpc) is 2.28. The molecular formula is C10H7F2IN2O2. The molecule has 0 amide bonds. The Hall–Kier alpha value is -1.30. The number of carbonyl (C=O) groups is 1. The molecule has 1 aromatic heterocycles. The van der Waals surface area contributed by atoms with E-state index in [2.05, 4.69) is 9.72 Å². The Bertz CT molecular complexity index is 486. The summed E-state index contributed by atoms with van der Waals surface area (Å²) in [5.74, 6) is -0.688. The number of pyridine rings is 1. The smallest absolute Gasteiger partial charge is 0.310 e. The van der Waals surface area contributed by atoms with Gasteiger partial charge in [0.05, 0.1) is 19.1 Å². The third kappa shape index (κ3) is 3.09. The summed E-state index contributed by atoms with van der Waals surface area (Å²) in [6, 6.07) is 1.80. The van der Waals surface area contributed by atoms with E-state index in [4.69, 9.17) is 5.26 Å². The maximum atomic E-state index is 12.7. The van der Waals surface area contributed by atoms with Gasteiger partial charge in [-0.3, -0.25) is 9.78 Å². The number of aromatic nitrogens is 1. The number of alkyl halides is 2. The first kappa shape index (κ1) is 13.8. The van der Waals surface area contributed by atoms with Crippen molar-refractivity contribution in [3.05, 3.63) is 26.6 Å². The molecule has 0 unspecified atom stereocenters. The van der Waals surface area contributed by atoms with E-state index in [1.165, 1.54) is 6.20 Å². The summed E-state index contributed by atoms with van der Waals surface area (Å²) < 4.78 is 30.2. The molecule has 1 rings (SSSR count). The maximum absolute atomic E-state index is 12.7. The van der Waals surface area contributed by atoms with Crippen LogP contribution in [-0.4, -0.2) is 18.1 Å². The standard InChI is InChI=1S/C10H7F2IN2O2/c1-17-8(16)2-5-6(3-14)7(13)4-15-9(5)10(11)12/h4,10H,2H2,1H3. The van der Waals surface area contributed by atoms with Gasteiger partial charge in [-0.15, -0.1) is 0 Å². The number of nitrogens with zero attached hydrogens (tertiary/aromatic N) is 2. The molecule has 0 fully saturated rings. The first-order valence-corrected chi connectivity index (χ1v) is 5.51. The minimum atomic E-state index is -2.83. The molecule has 1 aromatic rings. The molecule has 0 aliphatic rings. The van der Waals surface area contributed by atoms with Crippen LogP contribution in [0.5, 0.6) is 0 Å². The Labute approximate surface area is 110 Å². The van der Waals surface area contributed by atoms with E-state index in [1.807, 2.05) is 0 Å². The monoisotopic (exact) mass is 352 g/mol.